The summed E-state index contributed by atoms with van der Waals surface area (Å²) in [6.45, 7) is 7.88. The molecule has 0 radical (unpaired) electrons. The van der Waals surface area contributed by atoms with Crippen molar-refractivity contribution in [1.29, 1.82) is 0 Å². The lowest BCUT2D eigenvalue weighted by Gasteiger charge is -2.36. The highest BCUT2D eigenvalue weighted by Gasteiger charge is 2.26. The summed E-state index contributed by atoms with van der Waals surface area (Å²) < 4.78 is 0. The van der Waals surface area contributed by atoms with E-state index in [1.54, 1.807) is 0 Å². The Morgan fingerprint density at radius 2 is 1.78 bits per heavy atom. The van der Waals surface area contributed by atoms with Gasteiger partial charge in [0.2, 0.25) is 0 Å². The van der Waals surface area contributed by atoms with Crippen LogP contribution in [0.15, 0.2) is 30.3 Å². The number of hydrogen-bond donors (Lipinski definition) is 1. The van der Waals surface area contributed by atoms with E-state index in [-0.39, 0.29) is 6.04 Å². The highest BCUT2D eigenvalue weighted by molar-refractivity contribution is 5.20. The third-order valence-corrected chi connectivity index (χ3v) is 3.61. The molecule has 2 heteroatoms. The predicted octanol–water partition coefficient (Wildman–Crippen LogP) is 3.44. The standard InChI is InChI=1S/C16H28N2/c1-5-6-12-18(4)16(13(2)3)15(17)14-10-8-7-9-11-14/h7-11,13,15-16H,5-6,12,17H2,1-4H3. The van der Waals surface area contributed by atoms with Crippen molar-refractivity contribution in [2.45, 2.75) is 45.7 Å². The third kappa shape index (κ3) is 4.11. The molecule has 1 aromatic rings. The second kappa shape index (κ2) is 7.55. The molecule has 0 aromatic heterocycles. The van der Waals surface area contributed by atoms with Crippen molar-refractivity contribution < 1.29 is 0 Å². The normalized spacial score (nSPS) is 15.1. The number of nitrogens with zero attached hydrogens (tertiary/aromatic N) is 1. The molecule has 0 bridgehead atoms. The van der Waals surface area contributed by atoms with E-state index in [0.717, 1.165) is 6.54 Å². The Morgan fingerprint density at radius 1 is 1.17 bits per heavy atom. The van der Waals surface area contributed by atoms with Gasteiger partial charge in [0.05, 0.1) is 0 Å². The molecule has 2 atom stereocenters. The van der Waals surface area contributed by atoms with Gasteiger partial charge in [0, 0.05) is 12.1 Å². The molecule has 2 N–H and O–H groups in total. The number of nitrogens with two attached hydrogens (primary N) is 1. The molecule has 18 heavy (non-hydrogen) atoms. The smallest absolute Gasteiger partial charge is 0.0455 e. The fraction of sp³-hybridized carbons (Fsp3) is 0.625. The van der Waals surface area contributed by atoms with E-state index in [1.807, 2.05) is 6.07 Å². The molecule has 2 unspecified atom stereocenters. The Balaban J connectivity index is 2.78. The topological polar surface area (TPSA) is 29.3 Å². The molecule has 0 heterocycles. The van der Waals surface area contributed by atoms with Crippen LogP contribution in [0.4, 0.5) is 0 Å². The molecule has 1 rings (SSSR count). The van der Waals surface area contributed by atoms with Crippen LogP contribution in [0.3, 0.4) is 0 Å². The number of likely N-dealkylation sites (N-methyl/N-ethyl adjacent to an activating group) is 1. The molecular weight excluding hydrogens is 220 g/mol. The lowest BCUT2D eigenvalue weighted by Crippen LogP contribution is -2.44. The number of unbranched alkanes of at least 4 members (excludes halogenated alkanes) is 1. The first-order valence-corrected chi connectivity index (χ1v) is 7.08. The van der Waals surface area contributed by atoms with Crippen LogP contribution in [-0.2, 0) is 0 Å². The summed E-state index contributed by atoms with van der Waals surface area (Å²) in [5.74, 6) is 0.557. The van der Waals surface area contributed by atoms with Gasteiger partial charge in [-0.2, -0.15) is 0 Å². The molecular formula is C16H28N2. The number of benzene rings is 1. The summed E-state index contributed by atoms with van der Waals surface area (Å²) in [7, 11) is 2.20. The van der Waals surface area contributed by atoms with Crippen molar-refractivity contribution >= 4 is 0 Å². The van der Waals surface area contributed by atoms with Gasteiger partial charge >= 0.3 is 0 Å². The van der Waals surface area contributed by atoms with Gasteiger partial charge in [-0.3, -0.25) is 0 Å². The van der Waals surface area contributed by atoms with Crippen molar-refractivity contribution in [2.24, 2.45) is 11.7 Å². The highest BCUT2D eigenvalue weighted by atomic mass is 15.1. The fourth-order valence-corrected chi connectivity index (χ4v) is 2.63. The van der Waals surface area contributed by atoms with Crippen molar-refractivity contribution in [3.63, 3.8) is 0 Å². The fourth-order valence-electron chi connectivity index (χ4n) is 2.63. The Kier molecular flexibility index (Phi) is 6.37. The molecule has 0 amide bonds. The minimum Gasteiger partial charge on any atom is -0.323 e. The van der Waals surface area contributed by atoms with Crippen molar-refractivity contribution in [3.8, 4) is 0 Å². The van der Waals surface area contributed by atoms with Gasteiger partial charge in [-0.05, 0) is 31.5 Å². The Hall–Kier alpha value is -0.860. The zero-order valence-electron chi connectivity index (χ0n) is 12.3. The molecule has 0 spiro atoms. The van der Waals surface area contributed by atoms with E-state index in [4.69, 9.17) is 5.73 Å². The van der Waals surface area contributed by atoms with Crippen LogP contribution in [0.1, 0.15) is 45.2 Å². The maximum atomic E-state index is 6.47. The van der Waals surface area contributed by atoms with Crippen LogP contribution in [0.2, 0.25) is 0 Å². The minimum absolute atomic E-state index is 0.0908. The second-order valence-corrected chi connectivity index (χ2v) is 5.51. The summed E-state index contributed by atoms with van der Waals surface area (Å²) in [5, 5.41) is 0. The van der Waals surface area contributed by atoms with Crippen LogP contribution in [0.25, 0.3) is 0 Å². The Bertz CT molecular complexity index is 321. The SMILES string of the molecule is CCCCN(C)C(C(C)C)C(N)c1ccccc1. The zero-order chi connectivity index (χ0) is 13.5. The molecule has 0 fully saturated rings. The lowest BCUT2D eigenvalue weighted by molar-refractivity contribution is 0.161. The maximum Gasteiger partial charge on any atom is 0.0455 e. The third-order valence-electron chi connectivity index (χ3n) is 3.61. The van der Waals surface area contributed by atoms with Gasteiger partial charge in [0.25, 0.3) is 0 Å². The van der Waals surface area contributed by atoms with Gasteiger partial charge in [0.1, 0.15) is 0 Å². The second-order valence-electron chi connectivity index (χ2n) is 5.51. The lowest BCUT2D eigenvalue weighted by atomic mass is 9.90. The molecule has 0 aliphatic carbocycles. The van der Waals surface area contributed by atoms with Gasteiger partial charge in [-0.15, -0.1) is 0 Å². The molecule has 1 aromatic carbocycles. The minimum atomic E-state index is 0.0908. The molecule has 0 saturated carbocycles. The van der Waals surface area contributed by atoms with E-state index >= 15 is 0 Å². The van der Waals surface area contributed by atoms with E-state index in [1.165, 1.54) is 18.4 Å². The molecule has 2 nitrogen and oxygen atoms in total. The van der Waals surface area contributed by atoms with Crippen LogP contribution in [0, 0.1) is 5.92 Å². The van der Waals surface area contributed by atoms with Crippen LogP contribution >= 0.6 is 0 Å². The van der Waals surface area contributed by atoms with E-state index in [2.05, 4.69) is 57.0 Å². The van der Waals surface area contributed by atoms with Gasteiger partial charge < -0.3 is 10.6 Å². The molecule has 0 saturated heterocycles. The Morgan fingerprint density at radius 3 is 2.28 bits per heavy atom. The van der Waals surface area contributed by atoms with E-state index in [9.17, 15) is 0 Å². The quantitative estimate of drug-likeness (QED) is 0.801. The van der Waals surface area contributed by atoms with Gasteiger partial charge in [0.15, 0.2) is 0 Å². The largest absolute Gasteiger partial charge is 0.323 e. The average Bonchev–Trinajstić information content (AvgIpc) is 2.37. The van der Waals surface area contributed by atoms with Crippen LogP contribution < -0.4 is 5.73 Å². The first-order valence-electron chi connectivity index (χ1n) is 7.08. The Labute approximate surface area is 112 Å². The van der Waals surface area contributed by atoms with Crippen molar-refractivity contribution in [3.05, 3.63) is 35.9 Å². The number of hydrogen-bond acceptors (Lipinski definition) is 2. The first-order chi connectivity index (χ1) is 8.57. The van der Waals surface area contributed by atoms with E-state index in [0.29, 0.717) is 12.0 Å². The molecule has 0 aliphatic rings. The zero-order valence-corrected chi connectivity index (χ0v) is 12.3. The molecule has 102 valence electrons. The van der Waals surface area contributed by atoms with Gasteiger partial charge in [-0.1, -0.05) is 57.5 Å². The number of rotatable bonds is 7. The van der Waals surface area contributed by atoms with Gasteiger partial charge in [-0.25, -0.2) is 0 Å². The van der Waals surface area contributed by atoms with Crippen molar-refractivity contribution in [1.82, 2.24) is 4.90 Å². The predicted molar refractivity (Wildman–Crippen MR) is 79.5 cm³/mol. The molecule has 0 aliphatic heterocycles. The van der Waals surface area contributed by atoms with E-state index < -0.39 is 0 Å². The highest BCUT2D eigenvalue weighted by Crippen LogP contribution is 2.24. The average molecular weight is 248 g/mol. The van der Waals surface area contributed by atoms with Crippen LogP contribution in [0.5, 0.6) is 0 Å². The summed E-state index contributed by atoms with van der Waals surface area (Å²) in [4.78, 5) is 2.42. The monoisotopic (exact) mass is 248 g/mol. The maximum absolute atomic E-state index is 6.47. The van der Waals surface area contributed by atoms with Crippen LogP contribution in [-0.4, -0.2) is 24.5 Å². The summed E-state index contributed by atoms with van der Waals surface area (Å²) in [6, 6.07) is 10.9. The summed E-state index contributed by atoms with van der Waals surface area (Å²) in [6.07, 6.45) is 2.47. The van der Waals surface area contributed by atoms with Crippen molar-refractivity contribution in [2.75, 3.05) is 13.6 Å². The first kappa shape index (κ1) is 15.2. The summed E-state index contributed by atoms with van der Waals surface area (Å²) >= 11 is 0. The summed E-state index contributed by atoms with van der Waals surface area (Å²) in [5.41, 5.74) is 7.71.